The smallest absolute Gasteiger partial charge is 0.324 e. The van der Waals surface area contributed by atoms with Crippen LogP contribution in [-0.4, -0.2) is 37.4 Å². The Balaban J connectivity index is 2.38. The molecule has 1 aliphatic rings. The van der Waals surface area contributed by atoms with E-state index in [9.17, 15) is 14.4 Å². The minimum atomic E-state index is -1.31. The summed E-state index contributed by atoms with van der Waals surface area (Å²) in [6, 6.07) is 7.03. The fourth-order valence-electron chi connectivity index (χ4n) is 2.73. The molecule has 0 aromatic heterocycles. The lowest BCUT2D eigenvalue weighted by Crippen LogP contribution is -2.48. The van der Waals surface area contributed by atoms with Gasteiger partial charge in [0.25, 0.3) is 5.79 Å². The number of allylic oxidation sites excluding steroid dienone is 1. The van der Waals surface area contributed by atoms with Gasteiger partial charge in [0.2, 0.25) is 0 Å². The Labute approximate surface area is 151 Å². The summed E-state index contributed by atoms with van der Waals surface area (Å²) in [4.78, 5) is 35.9. The predicted molar refractivity (Wildman–Crippen MR) is 91.3 cm³/mol. The Morgan fingerprint density at radius 2 is 1.85 bits per heavy atom. The number of rotatable bonds is 6. The molecule has 1 fully saturated rings. The lowest BCUT2D eigenvalue weighted by Gasteiger charge is -2.35. The Kier molecular flexibility index (Phi) is 6.02. The van der Waals surface area contributed by atoms with Crippen LogP contribution in [0.2, 0.25) is 0 Å². The van der Waals surface area contributed by atoms with Crippen LogP contribution in [-0.2, 0) is 28.6 Å². The number of ether oxygens (including phenoxy) is 4. The Hall–Kier alpha value is -2.83. The molecule has 0 N–H and O–H groups in total. The predicted octanol–water partition coefficient (Wildman–Crippen LogP) is 2.35. The van der Waals surface area contributed by atoms with E-state index in [-0.39, 0.29) is 6.61 Å². The van der Waals surface area contributed by atoms with Gasteiger partial charge in [0.15, 0.2) is 5.92 Å². The molecule has 1 aliphatic heterocycles. The van der Waals surface area contributed by atoms with Gasteiger partial charge in [-0.3, -0.25) is 14.4 Å². The van der Waals surface area contributed by atoms with Crippen LogP contribution >= 0.6 is 0 Å². The van der Waals surface area contributed by atoms with Crippen LogP contribution in [0.3, 0.4) is 0 Å². The first-order chi connectivity index (χ1) is 12.2. The molecular weight excluding hydrogens is 340 g/mol. The van der Waals surface area contributed by atoms with Crippen LogP contribution in [0.25, 0.3) is 0 Å². The van der Waals surface area contributed by atoms with Gasteiger partial charge in [-0.15, -0.1) is 0 Å². The van der Waals surface area contributed by atoms with Gasteiger partial charge in [-0.1, -0.05) is 30.4 Å². The van der Waals surface area contributed by atoms with Gasteiger partial charge in [0.05, 0.1) is 7.11 Å². The molecule has 26 heavy (non-hydrogen) atoms. The van der Waals surface area contributed by atoms with E-state index in [1.165, 1.54) is 27.9 Å². The quantitative estimate of drug-likeness (QED) is 0.436. The SMILES string of the molecule is COc1ccccc1C(/C=C/COC(C)=O)C1C(=O)OC(C)(C)OC1=O. The summed E-state index contributed by atoms with van der Waals surface area (Å²) in [6.07, 6.45) is 3.19. The van der Waals surface area contributed by atoms with E-state index in [4.69, 9.17) is 18.9 Å². The lowest BCUT2D eigenvalue weighted by molar-refractivity contribution is -0.240. The zero-order chi connectivity index (χ0) is 19.3. The van der Waals surface area contributed by atoms with Crippen molar-refractivity contribution in [3.63, 3.8) is 0 Å². The number of methoxy groups -OCH3 is 1. The molecule has 0 saturated carbocycles. The number of carbonyl (C=O) groups is 3. The van der Waals surface area contributed by atoms with Gasteiger partial charge in [0, 0.05) is 32.3 Å². The molecule has 7 nitrogen and oxygen atoms in total. The molecule has 140 valence electrons. The van der Waals surface area contributed by atoms with Crippen molar-refractivity contribution in [3.8, 4) is 5.75 Å². The molecule has 0 aliphatic carbocycles. The van der Waals surface area contributed by atoms with E-state index in [0.717, 1.165) is 0 Å². The molecule has 2 rings (SSSR count). The molecule has 0 spiro atoms. The van der Waals surface area contributed by atoms with E-state index >= 15 is 0 Å². The average Bonchev–Trinajstić information content (AvgIpc) is 2.55. The van der Waals surface area contributed by atoms with Crippen molar-refractivity contribution in [1.82, 2.24) is 0 Å². The summed E-state index contributed by atoms with van der Waals surface area (Å²) in [5.74, 6) is -4.47. The van der Waals surface area contributed by atoms with Crippen LogP contribution in [0.5, 0.6) is 5.75 Å². The van der Waals surface area contributed by atoms with Crippen LogP contribution in [0, 0.1) is 5.92 Å². The molecule has 0 bridgehead atoms. The Morgan fingerprint density at radius 1 is 1.23 bits per heavy atom. The number of carbonyl (C=O) groups excluding carboxylic acids is 3. The highest BCUT2D eigenvalue weighted by molar-refractivity contribution is 5.98. The van der Waals surface area contributed by atoms with Crippen molar-refractivity contribution in [2.75, 3.05) is 13.7 Å². The zero-order valence-corrected chi connectivity index (χ0v) is 15.2. The van der Waals surface area contributed by atoms with Crippen molar-refractivity contribution >= 4 is 17.9 Å². The first-order valence-corrected chi connectivity index (χ1v) is 8.14. The first kappa shape index (κ1) is 19.5. The lowest BCUT2D eigenvalue weighted by atomic mass is 9.84. The van der Waals surface area contributed by atoms with Crippen LogP contribution in [0.1, 0.15) is 32.3 Å². The number of benzene rings is 1. The zero-order valence-electron chi connectivity index (χ0n) is 15.2. The third-order valence-electron chi connectivity index (χ3n) is 3.78. The monoisotopic (exact) mass is 362 g/mol. The van der Waals surface area contributed by atoms with Crippen molar-refractivity contribution in [2.24, 2.45) is 5.92 Å². The molecule has 1 aromatic rings. The summed E-state index contributed by atoms with van der Waals surface area (Å²) in [7, 11) is 1.50. The highest BCUT2D eigenvalue weighted by Gasteiger charge is 2.47. The molecule has 0 amide bonds. The molecule has 1 saturated heterocycles. The number of cyclic esters (lactones) is 2. The Morgan fingerprint density at radius 3 is 2.42 bits per heavy atom. The maximum atomic E-state index is 12.5. The summed E-state index contributed by atoms with van der Waals surface area (Å²) < 4.78 is 20.7. The van der Waals surface area contributed by atoms with Crippen molar-refractivity contribution in [3.05, 3.63) is 42.0 Å². The fraction of sp³-hybridized carbons (Fsp3) is 0.421. The second-order valence-electron chi connectivity index (χ2n) is 6.22. The number of esters is 3. The maximum absolute atomic E-state index is 12.5. The van der Waals surface area contributed by atoms with E-state index in [2.05, 4.69) is 0 Å². The van der Waals surface area contributed by atoms with Gasteiger partial charge in [-0.2, -0.15) is 0 Å². The average molecular weight is 362 g/mol. The largest absolute Gasteiger partial charge is 0.496 e. The van der Waals surface area contributed by atoms with Crippen LogP contribution < -0.4 is 4.74 Å². The van der Waals surface area contributed by atoms with Gasteiger partial charge in [-0.05, 0) is 6.07 Å². The number of hydrogen-bond acceptors (Lipinski definition) is 7. The van der Waals surface area contributed by atoms with Crippen LogP contribution in [0.4, 0.5) is 0 Å². The summed E-state index contributed by atoms with van der Waals surface area (Å²) in [5, 5.41) is 0. The summed E-state index contributed by atoms with van der Waals surface area (Å²) in [5.41, 5.74) is 0.618. The van der Waals surface area contributed by atoms with Crippen molar-refractivity contribution < 1.29 is 33.3 Å². The number of hydrogen-bond donors (Lipinski definition) is 0. The van der Waals surface area contributed by atoms with Gasteiger partial charge < -0.3 is 18.9 Å². The topological polar surface area (TPSA) is 88.1 Å². The highest BCUT2D eigenvalue weighted by atomic mass is 16.7. The molecule has 0 radical (unpaired) electrons. The molecular formula is C19H22O7. The van der Waals surface area contributed by atoms with Gasteiger partial charge in [-0.25, -0.2) is 0 Å². The van der Waals surface area contributed by atoms with E-state index in [1.54, 1.807) is 36.4 Å². The normalized spacial score (nSPS) is 18.2. The van der Waals surface area contributed by atoms with E-state index in [0.29, 0.717) is 11.3 Å². The minimum absolute atomic E-state index is 0.0172. The van der Waals surface area contributed by atoms with E-state index in [1.807, 2.05) is 0 Å². The van der Waals surface area contributed by atoms with Crippen LogP contribution in [0.15, 0.2) is 36.4 Å². The van der Waals surface area contributed by atoms with Crippen molar-refractivity contribution in [1.29, 1.82) is 0 Å². The molecule has 1 aromatic carbocycles. The number of para-hydroxylation sites is 1. The van der Waals surface area contributed by atoms with Crippen molar-refractivity contribution in [2.45, 2.75) is 32.5 Å². The summed E-state index contributed by atoms with van der Waals surface area (Å²) in [6.45, 7) is 4.30. The fourth-order valence-corrected chi connectivity index (χ4v) is 2.73. The van der Waals surface area contributed by atoms with E-state index < -0.39 is 35.5 Å². The van der Waals surface area contributed by atoms with Gasteiger partial charge in [0.1, 0.15) is 12.4 Å². The second-order valence-corrected chi connectivity index (χ2v) is 6.22. The minimum Gasteiger partial charge on any atom is -0.496 e. The molecule has 1 atom stereocenters. The standard InChI is InChI=1S/C19H22O7/c1-12(20)24-11-7-9-14(13-8-5-6-10-15(13)23-4)16-17(21)25-19(2,3)26-18(16)22/h5-10,14,16H,11H2,1-4H3/b9-7+. The Bertz CT molecular complexity index is 700. The second kappa shape index (κ2) is 8.03. The third-order valence-corrected chi connectivity index (χ3v) is 3.78. The van der Waals surface area contributed by atoms with Gasteiger partial charge >= 0.3 is 17.9 Å². The summed E-state index contributed by atoms with van der Waals surface area (Å²) >= 11 is 0. The molecule has 7 heteroatoms. The maximum Gasteiger partial charge on any atom is 0.324 e. The highest BCUT2D eigenvalue weighted by Crippen LogP contribution is 2.38. The first-order valence-electron chi connectivity index (χ1n) is 8.14. The molecule has 1 heterocycles. The molecule has 1 unspecified atom stereocenters. The third kappa shape index (κ3) is 4.62.